The Morgan fingerprint density at radius 2 is 2.24 bits per heavy atom. The second-order valence-corrected chi connectivity index (χ2v) is 6.62. The molecule has 0 spiro atoms. The molecule has 0 saturated carbocycles. The van der Waals surface area contributed by atoms with Crippen LogP contribution in [0.15, 0.2) is 34.7 Å². The fourth-order valence-electron chi connectivity index (χ4n) is 1.52. The van der Waals surface area contributed by atoms with Gasteiger partial charge in [-0.1, -0.05) is 11.8 Å². The first kappa shape index (κ1) is 15.6. The highest BCUT2D eigenvalue weighted by atomic mass is 32.2. The van der Waals surface area contributed by atoms with Crippen molar-refractivity contribution in [3.63, 3.8) is 0 Å². The van der Waals surface area contributed by atoms with Gasteiger partial charge in [0.25, 0.3) is 0 Å². The minimum Gasteiger partial charge on any atom is -0.320 e. The number of hydrogen-bond donors (Lipinski definition) is 2. The van der Waals surface area contributed by atoms with Crippen molar-refractivity contribution in [2.45, 2.75) is 11.4 Å². The van der Waals surface area contributed by atoms with E-state index in [-0.39, 0.29) is 13.1 Å². The van der Waals surface area contributed by atoms with Crippen LogP contribution in [0, 0.1) is 17.7 Å². The Labute approximate surface area is 126 Å². The normalized spacial score (nSPS) is 11.0. The van der Waals surface area contributed by atoms with E-state index in [0.29, 0.717) is 10.6 Å². The molecule has 1 aromatic heterocycles. The molecule has 0 saturated heterocycles. The summed E-state index contributed by atoms with van der Waals surface area (Å²) in [5.41, 5.74) is 5.59. The first-order chi connectivity index (χ1) is 10.0. The molecule has 2 aromatic rings. The minimum absolute atomic E-state index is 0.0220. The van der Waals surface area contributed by atoms with Gasteiger partial charge in [0.15, 0.2) is 0 Å². The lowest BCUT2D eigenvalue weighted by atomic mass is 10.2. The molecule has 0 radical (unpaired) electrons. The molecule has 2 rings (SSSR count). The van der Waals surface area contributed by atoms with Gasteiger partial charge in [-0.25, -0.2) is 22.5 Å². The number of nitrogens with one attached hydrogen (secondary N) is 1. The van der Waals surface area contributed by atoms with E-state index in [0.717, 1.165) is 6.07 Å². The Hall–Kier alpha value is -1.79. The van der Waals surface area contributed by atoms with E-state index in [1.54, 1.807) is 11.6 Å². The van der Waals surface area contributed by atoms with Crippen LogP contribution >= 0.6 is 11.3 Å². The van der Waals surface area contributed by atoms with Crippen LogP contribution in [0.3, 0.4) is 0 Å². The van der Waals surface area contributed by atoms with E-state index >= 15 is 0 Å². The Morgan fingerprint density at radius 3 is 2.86 bits per heavy atom. The highest BCUT2D eigenvalue weighted by Crippen LogP contribution is 2.16. The van der Waals surface area contributed by atoms with Crippen LogP contribution in [0.4, 0.5) is 4.39 Å². The Morgan fingerprint density at radius 1 is 1.43 bits per heavy atom. The molecule has 0 unspecified atom stereocenters. The summed E-state index contributed by atoms with van der Waals surface area (Å²) < 4.78 is 40.3. The van der Waals surface area contributed by atoms with Crippen molar-refractivity contribution >= 4 is 21.4 Å². The van der Waals surface area contributed by atoms with Crippen molar-refractivity contribution in [3.8, 4) is 11.8 Å². The Kier molecular flexibility index (Phi) is 5.03. The molecule has 5 nitrogen and oxygen atoms in total. The largest absolute Gasteiger partial charge is 0.320 e. The molecule has 0 fully saturated rings. The van der Waals surface area contributed by atoms with Crippen LogP contribution < -0.4 is 10.5 Å². The van der Waals surface area contributed by atoms with Gasteiger partial charge in [0, 0.05) is 17.1 Å². The minimum atomic E-state index is -3.94. The monoisotopic (exact) mass is 325 g/mol. The van der Waals surface area contributed by atoms with Gasteiger partial charge in [0.1, 0.15) is 15.7 Å². The van der Waals surface area contributed by atoms with Crippen molar-refractivity contribution in [2.75, 3.05) is 6.54 Å². The highest BCUT2D eigenvalue weighted by molar-refractivity contribution is 7.89. The SMILES string of the molecule is NCC#Cc1ccc(S(=O)(=O)NCc2nccs2)c(F)c1. The molecule has 21 heavy (non-hydrogen) atoms. The van der Waals surface area contributed by atoms with Gasteiger partial charge in [-0.05, 0) is 18.2 Å². The predicted molar refractivity (Wildman–Crippen MR) is 78.5 cm³/mol. The number of hydrogen-bond acceptors (Lipinski definition) is 5. The average Bonchev–Trinajstić information content (AvgIpc) is 2.96. The second-order valence-electron chi connectivity index (χ2n) is 3.90. The number of nitrogens with two attached hydrogens (primary N) is 1. The Bertz CT molecular complexity index is 777. The molecule has 0 aliphatic rings. The van der Waals surface area contributed by atoms with Crippen LogP contribution in [-0.4, -0.2) is 19.9 Å². The van der Waals surface area contributed by atoms with Gasteiger partial charge in [0.05, 0.1) is 13.1 Å². The third kappa shape index (κ3) is 4.09. The molecule has 0 bridgehead atoms. The number of sulfonamides is 1. The lowest BCUT2D eigenvalue weighted by molar-refractivity contribution is 0.556. The molecule has 0 atom stereocenters. The van der Waals surface area contributed by atoms with Crippen LogP contribution in [0.25, 0.3) is 0 Å². The van der Waals surface area contributed by atoms with E-state index < -0.39 is 20.7 Å². The smallest absolute Gasteiger partial charge is 0.243 e. The van der Waals surface area contributed by atoms with Crippen LogP contribution in [-0.2, 0) is 16.6 Å². The summed E-state index contributed by atoms with van der Waals surface area (Å²) in [6.45, 7) is 0.172. The first-order valence-corrected chi connectivity index (χ1v) is 8.26. The molecule has 0 amide bonds. The standard InChI is InChI=1S/C13H12FN3O2S2/c14-11-8-10(2-1-5-15)3-4-12(11)21(18,19)17-9-13-16-6-7-20-13/h3-4,6-8,17H,5,9,15H2. The summed E-state index contributed by atoms with van der Waals surface area (Å²) >= 11 is 1.31. The number of halogens is 1. The second kappa shape index (κ2) is 6.78. The summed E-state index contributed by atoms with van der Waals surface area (Å²) in [6, 6.07) is 3.68. The zero-order valence-electron chi connectivity index (χ0n) is 10.8. The summed E-state index contributed by atoms with van der Waals surface area (Å²) in [5.74, 6) is 4.36. The van der Waals surface area contributed by atoms with Gasteiger partial charge < -0.3 is 5.73 Å². The maximum Gasteiger partial charge on any atom is 0.243 e. The summed E-state index contributed by atoms with van der Waals surface area (Å²) in [6.07, 6.45) is 1.57. The lowest BCUT2D eigenvalue weighted by Crippen LogP contribution is -2.24. The molecule has 3 N–H and O–H groups in total. The molecule has 1 heterocycles. The maximum absolute atomic E-state index is 13.9. The quantitative estimate of drug-likeness (QED) is 0.824. The van der Waals surface area contributed by atoms with Crippen LogP contribution in [0.1, 0.15) is 10.6 Å². The van der Waals surface area contributed by atoms with E-state index in [4.69, 9.17) is 5.73 Å². The van der Waals surface area contributed by atoms with Crippen molar-refractivity contribution in [1.29, 1.82) is 0 Å². The zero-order valence-corrected chi connectivity index (χ0v) is 12.5. The van der Waals surface area contributed by atoms with E-state index in [1.165, 1.54) is 23.5 Å². The fourth-order valence-corrected chi connectivity index (χ4v) is 3.22. The zero-order chi connectivity index (χ0) is 15.3. The van der Waals surface area contributed by atoms with Gasteiger partial charge in [-0.15, -0.1) is 11.3 Å². The summed E-state index contributed by atoms with van der Waals surface area (Å²) in [5, 5.41) is 2.33. The van der Waals surface area contributed by atoms with Crippen molar-refractivity contribution in [2.24, 2.45) is 5.73 Å². The Balaban J connectivity index is 2.19. The number of thiazole rings is 1. The summed E-state index contributed by atoms with van der Waals surface area (Å²) in [4.78, 5) is 3.53. The van der Waals surface area contributed by atoms with E-state index in [1.807, 2.05) is 0 Å². The van der Waals surface area contributed by atoms with Gasteiger partial charge in [-0.3, -0.25) is 0 Å². The van der Waals surface area contributed by atoms with E-state index in [9.17, 15) is 12.8 Å². The lowest BCUT2D eigenvalue weighted by Gasteiger charge is -2.06. The summed E-state index contributed by atoms with van der Waals surface area (Å²) in [7, 11) is -3.94. The number of rotatable bonds is 4. The van der Waals surface area contributed by atoms with Crippen LogP contribution in [0.5, 0.6) is 0 Å². The molecule has 0 aliphatic carbocycles. The third-order valence-electron chi connectivity index (χ3n) is 2.45. The van der Waals surface area contributed by atoms with Crippen molar-refractivity contribution in [3.05, 3.63) is 46.2 Å². The molecular formula is C13H12FN3O2S2. The molecular weight excluding hydrogens is 313 g/mol. The van der Waals surface area contributed by atoms with Gasteiger partial charge in [-0.2, -0.15) is 0 Å². The molecule has 110 valence electrons. The average molecular weight is 325 g/mol. The third-order valence-corrected chi connectivity index (χ3v) is 4.67. The first-order valence-electron chi connectivity index (χ1n) is 5.89. The fraction of sp³-hybridized carbons (Fsp3) is 0.154. The van der Waals surface area contributed by atoms with Gasteiger partial charge in [0.2, 0.25) is 10.0 Å². The number of aromatic nitrogens is 1. The number of nitrogens with zero attached hydrogens (tertiary/aromatic N) is 1. The maximum atomic E-state index is 13.9. The topological polar surface area (TPSA) is 85.1 Å². The number of benzene rings is 1. The van der Waals surface area contributed by atoms with Crippen molar-refractivity contribution in [1.82, 2.24) is 9.71 Å². The van der Waals surface area contributed by atoms with Crippen LogP contribution in [0.2, 0.25) is 0 Å². The molecule has 8 heteroatoms. The van der Waals surface area contributed by atoms with E-state index in [2.05, 4.69) is 21.5 Å². The van der Waals surface area contributed by atoms with Crippen molar-refractivity contribution < 1.29 is 12.8 Å². The molecule has 0 aliphatic heterocycles. The predicted octanol–water partition coefficient (Wildman–Crippen LogP) is 1.07. The molecule has 1 aromatic carbocycles. The highest BCUT2D eigenvalue weighted by Gasteiger charge is 2.19. The van der Waals surface area contributed by atoms with Gasteiger partial charge >= 0.3 is 0 Å².